The van der Waals surface area contributed by atoms with Gasteiger partial charge in [-0.15, -0.1) is 0 Å². The number of benzene rings is 2. The summed E-state index contributed by atoms with van der Waals surface area (Å²) in [6, 6.07) is 16.2. The van der Waals surface area contributed by atoms with Crippen LogP contribution in [0.5, 0.6) is 0 Å². The molecule has 0 radical (unpaired) electrons. The Labute approximate surface area is 127 Å². The molecule has 3 aromatic rings. The molecule has 4 rings (SSSR count). The largest absolute Gasteiger partial charge is 0.318 e. The lowest BCUT2D eigenvalue weighted by Gasteiger charge is -2.21. The number of hydrogen-bond donors (Lipinski definition) is 0. The van der Waals surface area contributed by atoms with Gasteiger partial charge in [-0.1, -0.05) is 41.9 Å². The summed E-state index contributed by atoms with van der Waals surface area (Å²) in [6.45, 7) is 0. The van der Waals surface area contributed by atoms with Gasteiger partial charge >= 0.3 is 0 Å². The first-order valence-electron chi connectivity index (χ1n) is 6.74. The average Bonchev–Trinajstić information content (AvgIpc) is 2.91. The van der Waals surface area contributed by atoms with Crippen molar-refractivity contribution in [3.8, 4) is 0 Å². The molecular formula is C17H12ClN3. The summed E-state index contributed by atoms with van der Waals surface area (Å²) in [7, 11) is 0. The fourth-order valence-corrected chi connectivity index (χ4v) is 2.87. The van der Waals surface area contributed by atoms with Gasteiger partial charge in [0, 0.05) is 23.0 Å². The highest BCUT2D eigenvalue weighted by Crippen LogP contribution is 2.35. The third-order valence-electron chi connectivity index (χ3n) is 3.71. The van der Waals surface area contributed by atoms with Crippen LogP contribution >= 0.6 is 11.6 Å². The number of imidazole rings is 1. The molecule has 0 fully saturated rings. The number of fused-ring (bicyclic) bond motifs is 2. The van der Waals surface area contributed by atoms with Crippen LogP contribution in [0.25, 0.3) is 0 Å². The Bertz CT molecular complexity index is 818. The van der Waals surface area contributed by atoms with Crippen LogP contribution in [0.1, 0.15) is 23.0 Å². The van der Waals surface area contributed by atoms with E-state index in [0.29, 0.717) is 0 Å². The Kier molecular flexibility index (Phi) is 2.86. The molecule has 0 spiro atoms. The van der Waals surface area contributed by atoms with Gasteiger partial charge < -0.3 is 4.57 Å². The first kappa shape index (κ1) is 12.4. The van der Waals surface area contributed by atoms with Gasteiger partial charge in [0.1, 0.15) is 0 Å². The standard InChI is InChI=1S/C17H12ClN3/c18-13-7-5-12(6-8-13)17-14-3-1-2-4-15(14)20-11-16-19-9-10-21(16)17/h1-11,17H. The van der Waals surface area contributed by atoms with Gasteiger partial charge in [0.15, 0.2) is 5.82 Å². The number of halogens is 1. The first-order chi connectivity index (χ1) is 10.3. The zero-order chi connectivity index (χ0) is 14.2. The van der Waals surface area contributed by atoms with Crippen molar-refractivity contribution in [2.24, 2.45) is 4.99 Å². The van der Waals surface area contributed by atoms with Crippen molar-refractivity contribution in [2.75, 3.05) is 0 Å². The van der Waals surface area contributed by atoms with Crippen LogP contribution in [-0.4, -0.2) is 15.8 Å². The summed E-state index contributed by atoms with van der Waals surface area (Å²) in [5, 5.41) is 0.739. The highest BCUT2D eigenvalue weighted by molar-refractivity contribution is 6.30. The lowest BCUT2D eigenvalue weighted by Crippen LogP contribution is -2.13. The van der Waals surface area contributed by atoms with Crippen molar-refractivity contribution in [3.05, 3.63) is 82.9 Å². The number of aliphatic imine (C=N–C) groups is 1. The van der Waals surface area contributed by atoms with E-state index < -0.39 is 0 Å². The molecule has 0 amide bonds. The molecule has 2 heterocycles. The monoisotopic (exact) mass is 293 g/mol. The molecular weight excluding hydrogens is 282 g/mol. The molecule has 0 N–H and O–H groups in total. The Morgan fingerprint density at radius 2 is 1.81 bits per heavy atom. The van der Waals surface area contributed by atoms with E-state index in [1.807, 2.05) is 42.7 Å². The normalized spacial score (nSPS) is 16.1. The van der Waals surface area contributed by atoms with Crippen molar-refractivity contribution < 1.29 is 0 Å². The second-order valence-corrected chi connectivity index (χ2v) is 5.40. The molecule has 0 aliphatic carbocycles. The third kappa shape index (κ3) is 2.06. The van der Waals surface area contributed by atoms with Gasteiger partial charge in [0.25, 0.3) is 0 Å². The molecule has 1 aromatic heterocycles. The summed E-state index contributed by atoms with van der Waals surface area (Å²) in [5.41, 5.74) is 3.30. The van der Waals surface area contributed by atoms with E-state index in [-0.39, 0.29) is 6.04 Å². The summed E-state index contributed by atoms with van der Waals surface area (Å²) >= 11 is 6.02. The van der Waals surface area contributed by atoms with Crippen LogP contribution in [0.2, 0.25) is 5.02 Å². The molecule has 3 nitrogen and oxygen atoms in total. The minimum absolute atomic E-state index is 0.0541. The van der Waals surface area contributed by atoms with Crippen LogP contribution in [0.15, 0.2) is 65.9 Å². The average molecular weight is 294 g/mol. The van der Waals surface area contributed by atoms with Gasteiger partial charge in [-0.2, -0.15) is 0 Å². The predicted octanol–water partition coefficient (Wildman–Crippen LogP) is 4.24. The molecule has 21 heavy (non-hydrogen) atoms. The minimum atomic E-state index is 0.0541. The van der Waals surface area contributed by atoms with Crippen LogP contribution in [0, 0.1) is 0 Å². The highest BCUT2D eigenvalue weighted by Gasteiger charge is 2.23. The summed E-state index contributed by atoms with van der Waals surface area (Å²) in [5.74, 6) is 0.853. The second-order valence-electron chi connectivity index (χ2n) is 4.96. The van der Waals surface area contributed by atoms with E-state index in [0.717, 1.165) is 27.7 Å². The molecule has 0 bridgehead atoms. The Hall–Kier alpha value is -2.39. The minimum Gasteiger partial charge on any atom is -0.318 e. The maximum Gasteiger partial charge on any atom is 0.151 e. The van der Waals surface area contributed by atoms with E-state index in [4.69, 9.17) is 11.6 Å². The molecule has 102 valence electrons. The maximum absolute atomic E-state index is 6.02. The van der Waals surface area contributed by atoms with Crippen molar-refractivity contribution >= 4 is 23.5 Å². The van der Waals surface area contributed by atoms with Crippen LogP contribution < -0.4 is 0 Å². The SMILES string of the molecule is Clc1ccc(C2c3ccccc3N=Cc3nccn32)cc1. The Morgan fingerprint density at radius 3 is 2.67 bits per heavy atom. The van der Waals surface area contributed by atoms with Crippen LogP contribution in [0.3, 0.4) is 0 Å². The molecule has 1 aliphatic rings. The zero-order valence-corrected chi connectivity index (χ0v) is 11.9. The third-order valence-corrected chi connectivity index (χ3v) is 3.96. The van der Waals surface area contributed by atoms with Gasteiger partial charge in [-0.05, 0) is 23.8 Å². The molecule has 1 aliphatic heterocycles. The molecule has 1 unspecified atom stereocenters. The number of para-hydroxylation sites is 1. The van der Waals surface area contributed by atoms with E-state index in [1.165, 1.54) is 0 Å². The van der Waals surface area contributed by atoms with Gasteiger partial charge in [-0.25, -0.2) is 4.98 Å². The Balaban J connectivity index is 1.97. The first-order valence-corrected chi connectivity index (χ1v) is 7.12. The zero-order valence-electron chi connectivity index (χ0n) is 11.1. The second kappa shape index (κ2) is 4.86. The molecule has 0 saturated carbocycles. The predicted molar refractivity (Wildman–Crippen MR) is 84.6 cm³/mol. The lowest BCUT2D eigenvalue weighted by atomic mass is 9.97. The summed E-state index contributed by atoms with van der Waals surface area (Å²) in [6.07, 6.45) is 5.61. The topological polar surface area (TPSA) is 30.2 Å². The van der Waals surface area contributed by atoms with Crippen molar-refractivity contribution in [2.45, 2.75) is 6.04 Å². The quantitative estimate of drug-likeness (QED) is 0.516. The number of aromatic nitrogens is 2. The number of hydrogen-bond acceptors (Lipinski definition) is 2. The van der Waals surface area contributed by atoms with Crippen molar-refractivity contribution in [1.82, 2.24) is 9.55 Å². The van der Waals surface area contributed by atoms with Crippen LogP contribution in [0.4, 0.5) is 5.69 Å². The smallest absolute Gasteiger partial charge is 0.151 e. The van der Waals surface area contributed by atoms with Crippen LogP contribution in [-0.2, 0) is 0 Å². The fourth-order valence-electron chi connectivity index (χ4n) is 2.74. The number of rotatable bonds is 1. The molecule has 4 heteroatoms. The van der Waals surface area contributed by atoms with E-state index in [2.05, 4.69) is 32.7 Å². The van der Waals surface area contributed by atoms with Gasteiger partial charge in [0.2, 0.25) is 0 Å². The van der Waals surface area contributed by atoms with Gasteiger partial charge in [-0.3, -0.25) is 4.99 Å². The fraction of sp³-hybridized carbons (Fsp3) is 0.0588. The summed E-state index contributed by atoms with van der Waals surface area (Å²) in [4.78, 5) is 8.94. The molecule has 0 saturated heterocycles. The molecule has 2 aromatic carbocycles. The molecule has 1 atom stereocenters. The van der Waals surface area contributed by atoms with E-state index in [9.17, 15) is 0 Å². The van der Waals surface area contributed by atoms with Gasteiger partial charge in [0.05, 0.1) is 17.9 Å². The van der Waals surface area contributed by atoms with Crippen molar-refractivity contribution in [3.63, 3.8) is 0 Å². The maximum atomic E-state index is 6.02. The highest BCUT2D eigenvalue weighted by atomic mass is 35.5. The van der Waals surface area contributed by atoms with E-state index in [1.54, 1.807) is 6.20 Å². The Morgan fingerprint density at radius 1 is 1.00 bits per heavy atom. The lowest BCUT2D eigenvalue weighted by molar-refractivity contribution is 0.677. The van der Waals surface area contributed by atoms with Crippen molar-refractivity contribution in [1.29, 1.82) is 0 Å². The van der Waals surface area contributed by atoms with E-state index >= 15 is 0 Å². The summed E-state index contributed by atoms with van der Waals surface area (Å²) < 4.78 is 2.14. The number of nitrogens with zero attached hydrogens (tertiary/aromatic N) is 3.